The van der Waals surface area contributed by atoms with E-state index in [-0.39, 0.29) is 5.69 Å². The molecule has 0 unspecified atom stereocenters. The average Bonchev–Trinajstić information content (AvgIpc) is 3.10. The zero-order chi connectivity index (χ0) is 14.1. The zero-order valence-corrected chi connectivity index (χ0v) is 11.4. The van der Waals surface area contributed by atoms with Gasteiger partial charge in [0.15, 0.2) is 11.5 Å². The van der Waals surface area contributed by atoms with Crippen molar-refractivity contribution in [3.63, 3.8) is 0 Å². The summed E-state index contributed by atoms with van der Waals surface area (Å²) in [5, 5.41) is 13.0. The summed E-state index contributed by atoms with van der Waals surface area (Å²) in [6.07, 6.45) is 2.37. The maximum atomic E-state index is 10.8. The summed E-state index contributed by atoms with van der Waals surface area (Å²) in [6.45, 7) is 2.04. The highest BCUT2D eigenvalue weighted by Gasteiger charge is 2.17. The maximum Gasteiger partial charge on any atom is 0.358 e. The van der Waals surface area contributed by atoms with E-state index >= 15 is 0 Å². The Kier molecular flexibility index (Phi) is 3.36. The van der Waals surface area contributed by atoms with Crippen LogP contribution in [0.5, 0.6) is 0 Å². The molecular formula is C14H13ClN2O3. The van der Waals surface area contributed by atoms with Crippen molar-refractivity contribution in [1.29, 1.82) is 0 Å². The molecule has 0 atom stereocenters. The van der Waals surface area contributed by atoms with Crippen LogP contribution in [-0.2, 0) is 0 Å². The lowest BCUT2D eigenvalue weighted by Gasteiger charge is -2.19. The molecule has 1 N–H and O–H groups in total. The Hall–Kier alpha value is -2.01. The van der Waals surface area contributed by atoms with E-state index in [0.29, 0.717) is 10.8 Å². The number of hydrogen-bond donors (Lipinski definition) is 1. The molecular weight excluding hydrogens is 280 g/mol. The minimum atomic E-state index is -1.11. The minimum Gasteiger partial charge on any atom is -0.476 e. The first-order valence-corrected chi connectivity index (χ1v) is 6.78. The molecule has 0 amide bonds. The van der Waals surface area contributed by atoms with E-state index in [1.165, 1.54) is 18.9 Å². The van der Waals surface area contributed by atoms with Crippen LogP contribution >= 0.6 is 11.6 Å². The van der Waals surface area contributed by atoms with Crippen LogP contribution in [-0.4, -0.2) is 29.3 Å². The molecule has 2 heterocycles. The van der Waals surface area contributed by atoms with Crippen molar-refractivity contribution in [2.45, 2.75) is 12.8 Å². The van der Waals surface area contributed by atoms with Crippen LogP contribution in [0, 0.1) is 0 Å². The number of aromatic carboxylic acids is 1. The summed E-state index contributed by atoms with van der Waals surface area (Å²) < 4.78 is 5.03. The fourth-order valence-electron chi connectivity index (χ4n) is 2.39. The van der Waals surface area contributed by atoms with E-state index in [0.717, 1.165) is 24.3 Å². The summed E-state index contributed by atoms with van der Waals surface area (Å²) in [5.74, 6) is -0.711. The first-order valence-electron chi connectivity index (χ1n) is 6.40. The van der Waals surface area contributed by atoms with Crippen molar-refractivity contribution in [2.75, 3.05) is 18.0 Å². The molecule has 2 aromatic rings. The van der Waals surface area contributed by atoms with E-state index in [9.17, 15) is 4.79 Å². The normalized spacial score (nSPS) is 14.8. The van der Waals surface area contributed by atoms with Crippen molar-refractivity contribution in [3.05, 3.63) is 35.0 Å². The van der Waals surface area contributed by atoms with E-state index in [1.807, 2.05) is 12.1 Å². The fraction of sp³-hybridized carbons (Fsp3) is 0.286. The van der Waals surface area contributed by atoms with Crippen LogP contribution in [0.2, 0.25) is 5.02 Å². The number of rotatable bonds is 3. The number of halogens is 1. The van der Waals surface area contributed by atoms with Crippen LogP contribution in [0.3, 0.4) is 0 Å². The smallest absolute Gasteiger partial charge is 0.358 e. The Balaban J connectivity index is 1.90. The van der Waals surface area contributed by atoms with E-state index in [2.05, 4.69) is 10.1 Å². The maximum absolute atomic E-state index is 10.8. The standard InChI is InChI=1S/C14H13ClN2O3/c15-10-7-9(13-8-11(14(18)19)16-20-13)3-4-12(10)17-5-1-2-6-17/h3-4,7-8H,1-2,5-6H2,(H,18,19). The lowest BCUT2D eigenvalue weighted by Crippen LogP contribution is -2.17. The molecule has 1 fully saturated rings. The van der Waals surface area contributed by atoms with Gasteiger partial charge in [-0.05, 0) is 31.0 Å². The van der Waals surface area contributed by atoms with Crippen molar-refractivity contribution in [1.82, 2.24) is 5.16 Å². The molecule has 0 saturated carbocycles. The van der Waals surface area contributed by atoms with Crippen LogP contribution in [0.15, 0.2) is 28.8 Å². The predicted molar refractivity (Wildman–Crippen MR) is 75.4 cm³/mol. The summed E-state index contributed by atoms with van der Waals surface area (Å²) in [7, 11) is 0. The summed E-state index contributed by atoms with van der Waals surface area (Å²) >= 11 is 6.31. The molecule has 0 radical (unpaired) electrons. The molecule has 0 bridgehead atoms. The third-order valence-corrected chi connectivity index (χ3v) is 3.71. The number of anilines is 1. The van der Waals surface area contributed by atoms with Gasteiger partial charge in [0.05, 0.1) is 10.7 Å². The first-order chi connectivity index (χ1) is 9.65. The van der Waals surface area contributed by atoms with Gasteiger partial charge >= 0.3 is 5.97 Å². The van der Waals surface area contributed by atoms with Gasteiger partial charge in [-0.2, -0.15) is 0 Å². The number of carboxylic acid groups (broad SMARTS) is 1. The van der Waals surface area contributed by atoms with E-state index in [1.54, 1.807) is 6.07 Å². The Morgan fingerprint density at radius 1 is 1.30 bits per heavy atom. The molecule has 104 valence electrons. The summed E-state index contributed by atoms with van der Waals surface area (Å²) in [6, 6.07) is 6.97. The molecule has 1 saturated heterocycles. The van der Waals surface area contributed by atoms with Gasteiger partial charge in [0.25, 0.3) is 0 Å². The summed E-state index contributed by atoms with van der Waals surface area (Å²) in [5.41, 5.74) is 1.61. The number of benzene rings is 1. The third kappa shape index (κ3) is 2.36. The highest BCUT2D eigenvalue weighted by atomic mass is 35.5. The molecule has 20 heavy (non-hydrogen) atoms. The molecule has 1 aliphatic heterocycles. The number of nitrogens with zero attached hydrogens (tertiary/aromatic N) is 2. The second-order valence-corrected chi connectivity index (χ2v) is 5.15. The van der Waals surface area contributed by atoms with Crippen molar-refractivity contribution >= 4 is 23.3 Å². The van der Waals surface area contributed by atoms with Crippen LogP contribution in [0.4, 0.5) is 5.69 Å². The van der Waals surface area contributed by atoms with Crippen molar-refractivity contribution in [3.8, 4) is 11.3 Å². The predicted octanol–water partition coefficient (Wildman–Crippen LogP) is 3.29. The minimum absolute atomic E-state index is 0.111. The van der Waals surface area contributed by atoms with Gasteiger partial charge in [0.1, 0.15) is 0 Å². The lowest BCUT2D eigenvalue weighted by atomic mass is 10.1. The molecule has 6 heteroatoms. The van der Waals surface area contributed by atoms with Gasteiger partial charge < -0.3 is 14.5 Å². The molecule has 5 nitrogen and oxygen atoms in total. The summed E-state index contributed by atoms with van der Waals surface area (Å²) in [4.78, 5) is 13.0. The van der Waals surface area contributed by atoms with Crippen molar-refractivity contribution < 1.29 is 14.4 Å². The Morgan fingerprint density at radius 3 is 2.65 bits per heavy atom. The molecule has 3 rings (SSSR count). The Morgan fingerprint density at radius 2 is 2.05 bits per heavy atom. The van der Waals surface area contributed by atoms with Gasteiger partial charge in [-0.15, -0.1) is 0 Å². The van der Waals surface area contributed by atoms with Gasteiger partial charge in [-0.3, -0.25) is 0 Å². The first kappa shape index (κ1) is 13.0. The van der Waals surface area contributed by atoms with Crippen LogP contribution in [0.25, 0.3) is 11.3 Å². The number of aromatic nitrogens is 1. The quantitative estimate of drug-likeness (QED) is 0.940. The van der Waals surface area contributed by atoms with E-state index in [4.69, 9.17) is 21.2 Å². The van der Waals surface area contributed by atoms with Crippen LogP contribution < -0.4 is 4.90 Å². The van der Waals surface area contributed by atoms with Gasteiger partial charge in [0, 0.05) is 24.7 Å². The van der Waals surface area contributed by atoms with E-state index < -0.39 is 5.97 Å². The molecule has 0 spiro atoms. The second-order valence-electron chi connectivity index (χ2n) is 4.74. The monoisotopic (exact) mass is 292 g/mol. The second kappa shape index (κ2) is 5.17. The molecule has 1 aromatic heterocycles. The lowest BCUT2D eigenvalue weighted by molar-refractivity contribution is 0.0686. The topological polar surface area (TPSA) is 66.6 Å². The van der Waals surface area contributed by atoms with Gasteiger partial charge in [-0.1, -0.05) is 16.8 Å². The number of carboxylic acids is 1. The fourth-order valence-corrected chi connectivity index (χ4v) is 2.69. The van der Waals surface area contributed by atoms with Crippen molar-refractivity contribution in [2.24, 2.45) is 0 Å². The van der Waals surface area contributed by atoms with Gasteiger partial charge in [0.2, 0.25) is 0 Å². The largest absolute Gasteiger partial charge is 0.476 e. The SMILES string of the molecule is O=C(O)c1cc(-c2ccc(N3CCCC3)c(Cl)c2)on1. The Labute approximate surface area is 120 Å². The molecule has 1 aliphatic rings. The number of hydrogen-bond acceptors (Lipinski definition) is 4. The molecule has 0 aliphatic carbocycles. The third-order valence-electron chi connectivity index (χ3n) is 3.41. The van der Waals surface area contributed by atoms with Gasteiger partial charge in [-0.25, -0.2) is 4.79 Å². The average molecular weight is 293 g/mol. The molecule has 1 aromatic carbocycles. The Bertz CT molecular complexity index is 648. The zero-order valence-electron chi connectivity index (χ0n) is 10.7. The highest BCUT2D eigenvalue weighted by molar-refractivity contribution is 6.33. The number of carbonyl (C=O) groups is 1. The van der Waals surface area contributed by atoms with Crippen LogP contribution in [0.1, 0.15) is 23.3 Å². The highest BCUT2D eigenvalue weighted by Crippen LogP contribution is 2.33.